The molecule has 0 spiro atoms. The van der Waals surface area contributed by atoms with Crippen LogP contribution >= 0.6 is 46.4 Å². The lowest BCUT2D eigenvalue weighted by molar-refractivity contribution is 0.627. The number of rotatable bonds is 6. The van der Waals surface area contributed by atoms with E-state index in [0.717, 1.165) is 25.2 Å². The van der Waals surface area contributed by atoms with Crippen molar-refractivity contribution in [2.75, 3.05) is 11.9 Å². The zero-order chi connectivity index (χ0) is 39.9. The fourth-order valence-corrected chi connectivity index (χ4v) is 7.15. The lowest BCUT2D eigenvalue weighted by Crippen LogP contribution is -2.18. The Morgan fingerprint density at radius 2 is 1.19 bits per heavy atom. The summed E-state index contributed by atoms with van der Waals surface area (Å²) in [7, 11) is 0. The first-order chi connectivity index (χ1) is 28.2. The number of hydrogen-bond donors (Lipinski definition) is 1. The van der Waals surface area contributed by atoms with Gasteiger partial charge >= 0.3 is 0 Å². The van der Waals surface area contributed by atoms with Gasteiger partial charge in [0.25, 0.3) is 0 Å². The van der Waals surface area contributed by atoms with Crippen LogP contribution in [0.15, 0.2) is 103 Å². The van der Waals surface area contributed by atoms with Crippen LogP contribution in [0.5, 0.6) is 0 Å². The smallest absolute Gasteiger partial charge is 0.234 e. The maximum absolute atomic E-state index is 14.0. The Kier molecular flexibility index (Phi) is 11.0. The molecule has 0 unspecified atom stereocenters. The summed E-state index contributed by atoms with van der Waals surface area (Å²) in [5.74, 6) is 1.12. The number of hydrogen-bond acceptors (Lipinski definition) is 10. The summed E-state index contributed by atoms with van der Waals surface area (Å²) in [6.07, 6.45) is 4.31. The van der Waals surface area contributed by atoms with Gasteiger partial charge in [-0.05, 0) is 118 Å². The first-order valence-corrected chi connectivity index (χ1v) is 18.9. The van der Waals surface area contributed by atoms with E-state index in [0.29, 0.717) is 83.1 Å². The van der Waals surface area contributed by atoms with Gasteiger partial charge in [0.1, 0.15) is 34.4 Å². The van der Waals surface area contributed by atoms with Gasteiger partial charge in [0, 0.05) is 46.7 Å². The molecule has 14 nitrogen and oxygen atoms in total. The number of nitrogens with one attached hydrogen (secondary N) is 1. The van der Waals surface area contributed by atoms with E-state index < -0.39 is 11.6 Å². The van der Waals surface area contributed by atoms with Gasteiger partial charge in [0.05, 0.1) is 21.4 Å². The number of nitrogens with zero attached hydrogens (tertiary/aromatic N) is 13. The number of halogens is 6. The average Bonchev–Trinajstić information content (AvgIpc) is 4.05. The lowest BCUT2D eigenvalue weighted by Gasteiger charge is -2.17. The molecule has 0 radical (unpaired) electrons. The summed E-state index contributed by atoms with van der Waals surface area (Å²) >= 11 is 24.8. The summed E-state index contributed by atoms with van der Waals surface area (Å²) < 4.78 is 34.9. The molecule has 0 saturated heterocycles. The molecule has 0 fully saturated rings. The molecule has 0 atom stereocenters. The fourth-order valence-electron chi connectivity index (χ4n) is 6.49. The summed E-state index contributed by atoms with van der Waals surface area (Å²) in [5, 5.41) is 29.6. The Morgan fingerprint density at radius 1 is 0.644 bits per heavy atom. The molecule has 1 aliphatic rings. The van der Waals surface area contributed by atoms with Crippen LogP contribution in [0.1, 0.15) is 13.8 Å². The molecule has 20 heteroatoms. The van der Waals surface area contributed by atoms with Crippen LogP contribution in [0, 0.1) is 11.6 Å². The van der Waals surface area contributed by atoms with E-state index in [1.807, 2.05) is 16.7 Å². The second kappa shape index (κ2) is 16.5. The van der Waals surface area contributed by atoms with Crippen molar-refractivity contribution in [3.8, 4) is 56.9 Å². The zero-order valence-corrected chi connectivity index (χ0v) is 32.5. The van der Waals surface area contributed by atoms with E-state index in [2.05, 4.69) is 46.3 Å². The highest BCUT2D eigenvalue weighted by Crippen LogP contribution is 2.39. The third-order valence-electron chi connectivity index (χ3n) is 9.08. The van der Waals surface area contributed by atoms with Crippen molar-refractivity contribution < 1.29 is 8.78 Å². The van der Waals surface area contributed by atoms with Crippen molar-refractivity contribution >= 4 is 58.1 Å². The normalized spacial score (nSPS) is 12.0. The Bertz CT molecular complexity index is 2940. The number of tetrazole rings is 2. The van der Waals surface area contributed by atoms with Crippen LogP contribution in [-0.4, -0.2) is 70.9 Å². The SMILES string of the molecule is C.Fc1ccc(Cl)c(-c2nc3n(c2-c2nnnn2-c2ccc(Cl)cc2)CCCN3)c1.Fc1ccc(Cl)c(-c2nc3ncccn3c2-c2nnnn2-c2ccc(Cl)cc2)c1. The molecule has 6 heterocycles. The van der Waals surface area contributed by atoms with Gasteiger partial charge in [0.2, 0.25) is 23.4 Å². The minimum absolute atomic E-state index is 0. The van der Waals surface area contributed by atoms with Crippen molar-refractivity contribution in [3.63, 3.8) is 0 Å². The predicted octanol–water partition coefficient (Wildman–Crippen LogP) is 9.58. The first-order valence-electron chi connectivity index (χ1n) is 17.4. The van der Waals surface area contributed by atoms with Gasteiger partial charge in [-0.25, -0.2) is 23.7 Å². The van der Waals surface area contributed by atoms with E-state index in [1.165, 1.54) is 36.4 Å². The molecule has 9 aromatic rings. The Balaban J connectivity index is 0.000000161. The molecule has 5 aromatic heterocycles. The Morgan fingerprint density at radius 3 is 1.76 bits per heavy atom. The average molecular weight is 873 g/mol. The monoisotopic (exact) mass is 870 g/mol. The molecular formula is C39H28Cl4F2N14. The molecule has 1 aliphatic heterocycles. The molecule has 59 heavy (non-hydrogen) atoms. The van der Waals surface area contributed by atoms with E-state index in [1.54, 1.807) is 68.6 Å². The van der Waals surface area contributed by atoms with Crippen LogP contribution in [-0.2, 0) is 6.54 Å². The van der Waals surface area contributed by atoms with E-state index in [9.17, 15) is 8.78 Å². The predicted molar refractivity (Wildman–Crippen MR) is 222 cm³/mol. The van der Waals surface area contributed by atoms with Crippen molar-refractivity contribution in [3.05, 3.63) is 135 Å². The van der Waals surface area contributed by atoms with Crippen molar-refractivity contribution in [2.45, 2.75) is 20.4 Å². The van der Waals surface area contributed by atoms with Crippen molar-refractivity contribution in [2.24, 2.45) is 0 Å². The topological polar surface area (TPSA) is 147 Å². The third-order valence-corrected chi connectivity index (χ3v) is 10.2. The summed E-state index contributed by atoms with van der Waals surface area (Å²) in [5.41, 5.74) is 4.46. The molecule has 0 saturated carbocycles. The maximum Gasteiger partial charge on any atom is 0.234 e. The molecule has 10 rings (SSSR count). The molecular weight excluding hydrogens is 844 g/mol. The van der Waals surface area contributed by atoms with Gasteiger partial charge < -0.3 is 9.88 Å². The third kappa shape index (κ3) is 7.58. The van der Waals surface area contributed by atoms with Crippen LogP contribution in [0.3, 0.4) is 0 Å². The fraction of sp³-hybridized carbons (Fsp3) is 0.103. The van der Waals surface area contributed by atoms with E-state index in [4.69, 9.17) is 51.4 Å². The van der Waals surface area contributed by atoms with Gasteiger partial charge in [-0.15, -0.1) is 10.2 Å². The standard InChI is InChI=1S/C19H14Cl2FN7.C19H10Cl2FN7.CH4/c2*20-11-2-5-13(6-3-11)29-18(25-26-27-29)17-16(14-10-12(22)4-7-15(14)21)24-19-23-8-1-9-28(17)19;/h2-7,10H,1,8-9H2,(H,23,24);1-10H;1H4. The van der Waals surface area contributed by atoms with Crippen LogP contribution in [0.25, 0.3) is 62.7 Å². The van der Waals surface area contributed by atoms with Gasteiger partial charge in [0.15, 0.2) is 0 Å². The second-order valence-electron chi connectivity index (χ2n) is 12.7. The number of imidazole rings is 2. The van der Waals surface area contributed by atoms with E-state index >= 15 is 0 Å². The molecule has 0 aliphatic carbocycles. The van der Waals surface area contributed by atoms with Gasteiger partial charge in [-0.3, -0.25) is 4.40 Å². The van der Waals surface area contributed by atoms with Gasteiger partial charge in [-0.2, -0.15) is 9.36 Å². The lowest BCUT2D eigenvalue weighted by atomic mass is 10.1. The Labute approximate surface area is 354 Å². The number of benzene rings is 4. The highest BCUT2D eigenvalue weighted by Gasteiger charge is 2.28. The number of fused-ring (bicyclic) bond motifs is 2. The summed E-state index contributed by atoms with van der Waals surface area (Å²) in [4.78, 5) is 13.5. The Hall–Kier alpha value is -6.33. The molecule has 0 amide bonds. The van der Waals surface area contributed by atoms with Crippen LogP contribution < -0.4 is 5.32 Å². The highest BCUT2D eigenvalue weighted by atomic mass is 35.5. The summed E-state index contributed by atoms with van der Waals surface area (Å²) in [6, 6.07) is 24.3. The van der Waals surface area contributed by atoms with Crippen LogP contribution in [0.2, 0.25) is 20.1 Å². The molecule has 1 N–H and O–H groups in total. The molecule has 4 aromatic carbocycles. The van der Waals surface area contributed by atoms with Crippen LogP contribution in [0.4, 0.5) is 14.7 Å². The second-order valence-corrected chi connectivity index (χ2v) is 14.4. The quantitative estimate of drug-likeness (QED) is 0.171. The first kappa shape index (κ1) is 39.5. The largest absolute Gasteiger partial charge is 0.356 e. The van der Waals surface area contributed by atoms with Gasteiger partial charge in [-0.1, -0.05) is 53.8 Å². The number of aromatic nitrogens is 13. The molecule has 0 bridgehead atoms. The maximum atomic E-state index is 14.0. The van der Waals surface area contributed by atoms with Crippen molar-refractivity contribution in [1.82, 2.24) is 64.3 Å². The molecule has 296 valence electrons. The highest BCUT2D eigenvalue weighted by molar-refractivity contribution is 6.34. The minimum Gasteiger partial charge on any atom is -0.356 e. The van der Waals surface area contributed by atoms with E-state index in [-0.39, 0.29) is 7.43 Å². The summed E-state index contributed by atoms with van der Waals surface area (Å²) in [6.45, 7) is 1.53. The number of anilines is 1. The van der Waals surface area contributed by atoms with Crippen molar-refractivity contribution in [1.29, 1.82) is 0 Å². The minimum atomic E-state index is -0.433. The zero-order valence-electron chi connectivity index (χ0n) is 29.5.